The molecule has 155 valence electrons. The number of anilines is 1. The smallest absolute Gasteiger partial charge is 0.252 e. The van der Waals surface area contributed by atoms with Crippen LogP contribution in [0.5, 0.6) is 0 Å². The van der Waals surface area contributed by atoms with Gasteiger partial charge in [-0.3, -0.25) is 9.78 Å². The number of para-hydroxylation sites is 1. The number of nitrogens with one attached hydrogen (secondary N) is 1. The van der Waals surface area contributed by atoms with E-state index in [1.165, 1.54) is 5.56 Å². The van der Waals surface area contributed by atoms with Crippen LogP contribution in [0.4, 0.5) is 5.69 Å². The topological polar surface area (TPSA) is 79.4 Å². The molecule has 0 atom stereocenters. The summed E-state index contributed by atoms with van der Waals surface area (Å²) in [4.78, 5) is 41.8. The van der Waals surface area contributed by atoms with Crippen LogP contribution in [0.1, 0.15) is 27.0 Å². The van der Waals surface area contributed by atoms with Gasteiger partial charge in [0, 0.05) is 48.3 Å². The Bertz CT molecular complexity index is 1350. The summed E-state index contributed by atoms with van der Waals surface area (Å²) in [5, 5.41) is 3.81. The minimum Gasteiger partial charge on any atom is -0.385 e. The van der Waals surface area contributed by atoms with Gasteiger partial charge >= 0.3 is 0 Å². The van der Waals surface area contributed by atoms with Crippen molar-refractivity contribution in [2.75, 3.05) is 11.4 Å². The molecule has 3 aromatic carbocycles. The van der Waals surface area contributed by atoms with E-state index in [0.29, 0.717) is 30.9 Å². The Balaban J connectivity index is 0.00000231. The molecule has 0 spiro atoms. The van der Waals surface area contributed by atoms with E-state index >= 15 is 0 Å². The second kappa shape index (κ2) is 8.46. The van der Waals surface area contributed by atoms with Crippen LogP contribution in [0.3, 0.4) is 0 Å². The fourth-order valence-electron chi connectivity index (χ4n) is 3.97. The maximum Gasteiger partial charge on any atom is 0.252 e. The molecule has 1 aromatic heterocycles. The van der Waals surface area contributed by atoms with Crippen LogP contribution in [-0.2, 0) is 36.6 Å². The molecule has 1 aliphatic heterocycles. The van der Waals surface area contributed by atoms with Gasteiger partial charge in [-0.25, -0.2) is 0 Å². The van der Waals surface area contributed by atoms with Crippen molar-refractivity contribution in [1.82, 2.24) is 10.3 Å². The third-order valence-corrected chi connectivity index (χ3v) is 5.60. The number of carbonyl (C=O) groups is 1. The first-order valence-corrected chi connectivity index (χ1v) is 9.80. The van der Waals surface area contributed by atoms with Gasteiger partial charge in [0.05, 0.1) is 11.1 Å². The Labute approximate surface area is 189 Å². The van der Waals surface area contributed by atoms with E-state index in [9.17, 15) is 14.4 Å². The number of amides is 1. The molecule has 7 heteroatoms. The summed E-state index contributed by atoms with van der Waals surface area (Å²) < 4.78 is 0. The summed E-state index contributed by atoms with van der Waals surface area (Å²) in [5.74, 6) is -0.147. The monoisotopic (exact) mass is 451 g/mol. The minimum atomic E-state index is -0.545. The van der Waals surface area contributed by atoms with E-state index < -0.39 is 10.9 Å². The number of benzene rings is 2. The molecule has 5 rings (SSSR count). The zero-order valence-electron chi connectivity index (χ0n) is 16.5. The van der Waals surface area contributed by atoms with E-state index in [2.05, 4.69) is 28.5 Å². The van der Waals surface area contributed by atoms with Crippen LogP contribution in [0.25, 0.3) is 10.9 Å². The molecule has 31 heavy (non-hydrogen) atoms. The standard InChI is InChI=1S/C24H18N3O3.Mn/c28-22-12-21(23(22)29)27-10-8-16-6-5-15(11-17(16)14-27)13-26-24(30)19-7-9-25-20-4-2-1-3-18(19)20;/h1-7,9,11H,8,10,13-14H2,(H,26,30);/q-1;. The molecule has 0 saturated carbocycles. The molecule has 4 aromatic rings. The van der Waals surface area contributed by atoms with Gasteiger partial charge < -0.3 is 19.8 Å². The van der Waals surface area contributed by atoms with E-state index in [1.807, 2.05) is 35.2 Å². The van der Waals surface area contributed by atoms with Crippen molar-refractivity contribution in [3.05, 3.63) is 103 Å². The summed E-state index contributed by atoms with van der Waals surface area (Å²) in [6.07, 6.45) is 2.44. The van der Waals surface area contributed by atoms with Crippen molar-refractivity contribution in [2.24, 2.45) is 0 Å². The number of hydrogen-bond acceptors (Lipinski definition) is 5. The Kier molecular flexibility index (Phi) is 5.72. The van der Waals surface area contributed by atoms with Gasteiger partial charge in [0.1, 0.15) is 10.9 Å². The molecule has 0 unspecified atom stereocenters. The van der Waals surface area contributed by atoms with Crippen LogP contribution < -0.4 is 21.1 Å². The van der Waals surface area contributed by atoms with Crippen molar-refractivity contribution in [3.63, 3.8) is 0 Å². The molecule has 1 radical (unpaired) electrons. The van der Waals surface area contributed by atoms with Crippen molar-refractivity contribution < 1.29 is 21.9 Å². The number of hydrogen-bond donors (Lipinski definition) is 1. The molecule has 2 heterocycles. The summed E-state index contributed by atoms with van der Waals surface area (Å²) in [7, 11) is 0. The summed E-state index contributed by atoms with van der Waals surface area (Å²) in [5.41, 5.74) is 4.08. The predicted octanol–water partition coefficient (Wildman–Crippen LogP) is 2.12. The molecular formula is C24H18MnN3O3-. The largest absolute Gasteiger partial charge is 0.385 e. The van der Waals surface area contributed by atoms with Crippen LogP contribution in [0.2, 0.25) is 0 Å². The number of aromatic nitrogens is 1. The number of carbonyl (C=O) groups excluding carboxylic acids is 1. The predicted molar refractivity (Wildman–Crippen MR) is 114 cm³/mol. The van der Waals surface area contributed by atoms with Gasteiger partial charge in [-0.15, -0.1) is 6.07 Å². The zero-order valence-corrected chi connectivity index (χ0v) is 17.7. The summed E-state index contributed by atoms with van der Waals surface area (Å²) in [6.45, 7) is 1.65. The quantitative estimate of drug-likeness (QED) is 0.292. The fourth-order valence-corrected chi connectivity index (χ4v) is 3.97. The van der Waals surface area contributed by atoms with Crippen molar-refractivity contribution >= 4 is 22.5 Å². The Morgan fingerprint density at radius 2 is 1.94 bits per heavy atom. The normalized spacial score (nSPS) is 13.0. The molecule has 0 bridgehead atoms. The van der Waals surface area contributed by atoms with E-state index in [4.69, 9.17) is 0 Å². The average Bonchev–Trinajstić information content (AvgIpc) is 2.79. The number of rotatable bonds is 4. The zero-order chi connectivity index (χ0) is 20.7. The molecule has 1 N–H and O–H groups in total. The van der Waals surface area contributed by atoms with Gasteiger partial charge in [0.15, 0.2) is 0 Å². The molecule has 6 nitrogen and oxygen atoms in total. The average molecular weight is 451 g/mol. The molecule has 0 aliphatic carbocycles. The maximum atomic E-state index is 12.7. The van der Waals surface area contributed by atoms with Crippen molar-refractivity contribution in [1.29, 1.82) is 0 Å². The molecule has 1 aliphatic rings. The van der Waals surface area contributed by atoms with Crippen molar-refractivity contribution in [2.45, 2.75) is 19.5 Å². The number of fused-ring (bicyclic) bond motifs is 2. The molecule has 1 amide bonds. The van der Waals surface area contributed by atoms with E-state index in [0.717, 1.165) is 28.5 Å². The second-order valence-electron chi connectivity index (χ2n) is 7.46. The minimum absolute atomic E-state index is 0. The second-order valence-corrected chi connectivity index (χ2v) is 7.46. The maximum absolute atomic E-state index is 12.7. The first-order valence-electron chi connectivity index (χ1n) is 9.80. The number of pyridine rings is 1. The van der Waals surface area contributed by atoms with Crippen LogP contribution in [0.15, 0.2) is 64.3 Å². The van der Waals surface area contributed by atoms with Gasteiger partial charge in [0.25, 0.3) is 5.91 Å². The van der Waals surface area contributed by atoms with Gasteiger partial charge in [-0.2, -0.15) is 0 Å². The molecular weight excluding hydrogens is 433 g/mol. The van der Waals surface area contributed by atoms with Gasteiger partial charge in [0.2, 0.25) is 0 Å². The third kappa shape index (κ3) is 3.90. The third-order valence-electron chi connectivity index (χ3n) is 5.60. The SMILES string of the molecule is O=C(NCc1ccc2c(c1)CN(c1[c-]c(=O)c1=O)CC2)c1ccnc2ccccc12.[Mn]. The van der Waals surface area contributed by atoms with E-state index in [1.54, 1.807) is 12.3 Å². The Morgan fingerprint density at radius 1 is 1.10 bits per heavy atom. The first kappa shape index (κ1) is 21.0. The van der Waals surface area contributed by atoms with Crippen molar-refractivity contribution in [3.8, 4) is 0 Å². The fraction of sp³-hybridized carbons (Fsp3) is 0.167. The van der Waals surface area contributed by atoms with Crippen LogP contribution in [0, 0.1) is 6.07 Å². The molecule has 0 fully saturated rings. The first-order chi connectivity index (χ1) is 14.6. The van der Waals surface area contributed by atoms with E-state index in [-0.39, 0.29) is 23.0 Å². The Morgan fingerprint density at radius 3 is 2.74 bits per heavy atom. The number of nitrogens with zero attached hydrogens (tertiary/aromatic N) is 2. The Hall–Kier alpha value is -3.28. The summed E-state index contributed by atoms with van der Waals surface area (Å²) >= 11 is 0. The molecule has 0 saturated heterocycles. The van der Waals surface area contributed by atoms with Crippen LogP contribution >= 0.6 is 0 Å². The van der Waals surface area contributed by atoms with Gasteiger partial charge in [-0.1, -0.05) is 36.4 Å². The van der Waals surface area contributed by atoms with Crippen LogP contribution in [-0.4, -0.2) is 17.4 Å². The van der Waals surface area contributed by atoms with Gasteiger partial charge in [-0.05, 0) is 40.9 Å². The summed E-state index contributed by atoms with van der Waals surface area (Å²) in [6, 6.07) is 18.0.